The molecule has 4 rings (SSSR count). The Balaban J connectivity index is 1.51. The molecule has 0 unspecified atom stereocenters. The van der Waals surface area contributed by atoms with E-state index in [1.807, 2.05) is 12.1 Å². The van der Waals surface area contributed by atoms with Crippen LogP contribution in [0.1, 0.15) is 30.9 Å². The second-order valence-corrected chi connectivity index (χ2v) is 9.59. The number of amides is 1. The molecule has 6 nitrogen and oxygen atoms in total. The molecule has 0 bridgehead atoms. The summed E-state index contributed by atoms with van der Waals surface area (Å²) < 4.78 is 27.7. The summed E-state index contributed by atoms with van der Waals surface area (Å²) in [5, 5.41) is 2.74. The van der Waals surface area contributed by atoms with Crippen molar-refractivity contribution in [1.29, 1.82) is 0 Å². The molecule has 2 aliphatic heterocycles. The van der Waals surface area contributed by atoms with E-state index in [0.29, 0.717) is 37.8 Å². The van der Waals surface area contributed by atoms with Gasteiger partial charge in [0.05, 0.1) is 11.3 Å². The van der Waals surface area contributed by atoms with E-state index < -0.39 is 10.0 Å². The molecule has 2 aliphatic rings. The highest BCUT2D eigenvalue weighted by Crippen LogP contribution is 2.30. The van der Waals surface area contributed by atoms with E-state index in [0.717, 1.165) is 5.56 Å². The number of nitrogens with zero attached hydrogens (tertiary/aromatic N) is 2. The lowest BCUT2D eigenvalue weighted by Crippen LogP contribution is -2.48. The van der Waals surface area contributed by atoms with Gasteiger partial charge in [0.15, 0.2) is 0 Å². The number of benzene rings is 2. The first kappa shape index (κ1) is 19.0. The molecule has 0 aromatic heterocycles. The van der Waals surface area contributed by atoms with Crippen LogP contribution in [0.25, 0.3) is 0 Å². The van der Waals surface area contributed by atoms with Crippen molar-refractivity contribution in [1.82, 2.24) is 4.31 Å². The van der Waals surface area contributed by atoms with Gasteiger partial charge in [0.25, 0.3) is 0 Å². The normalized spacial score (nSPS) is 17.7. The maximum Gasteiger partial charge on any atom is 0.243 e. The van der Waals surface area contributed by atoms with E-state index in [1.165, 1.54) is 11.3 Å². The van der Waals surface area contributed by atoms with Crippen molar-refractivity contribution in [3.05, 3.63) is 53.6 Å². The molecule has 2 heterocycles. The van der Waals surface area contributed by atoms with Gasteiger partial charge in [0, 0.05) is 37.6 Å². The van der Waals surface area contributed by atoms with Gasteiger partial charge < -0.3 is 10.2 Å². The number of nitrogens with one attached hydrogen (secondary N) is 1. The van der Waals surface area contributed by atoms with Gasteiger partial charge in [-0.2, -0.15) is 4.31 Å². The van der Waals surface area contributed by atoms with Crippen molar-refractivity contribution in [2.75, 3.05) is 36.4 Å². The van der Waals surface area contributed by atoms with Crippen LogP contribution in [-0.2, 0) is 21.2 Å². The second kappa shape index (κ2) is 7.22. The lowest BCUT2D eigenvalue weighted by atomic mass is 10.00. The van der Waals surface area contributed by atoms with E-state index in [2.05, 4.69) is 36.2 Å². The third-order valence-corrected chi connectivity index (χ3v) is 7.37. The highest BCUT2D eigenvalue weighted by atomic mass is 32.2. The van der Waals surface area contributed by atoms with Crippen LogP contribution in [0.15, 0.2) is 47.4 Å². The Morgan fingerprint density at radius 1 is 1.00 bits per heavy atom. The molecule has 0 spiro atoms. The molecule has 0 saturated carbocycles. The second-order valence-electron chi connectivity index (χ2n) is 7.65. The summed E-state index contributed by atoms with van der Waals surface area (Å²) in [5.41, 5.74) is 3.93. The largest absolute Gasteiger partial charge is 0.369 e. The van der Waals surface area contributed by atoms with Crippen molar-refractivity contribution in [2.24, 2.45) is 0 Å². The van der Waals surface area contributed by atoms with Crippen LogP contribution in [0.4, 0.5) is 11.4 Å². The predicted molar refractivity (Wildman–Crippen MR) is 110 cm³/mol. The van der Waals surface area contributed by atoms with Crippen LogP contribution in [0, 0.1) is 0 Å². The molecule has 1 amide bonds. The number of piperazine rings is 1. The van der Waals surface area contributed by atoms with Crippen molar-refractivity contribution < 1.29 is 13.2 Å². The summed E-state index contributed by atoms with van der Waals surface area (Å²) in [6, 6.07) is 13.2. The Kier molecular flexibility index (Phi) is 4.89. The van der Waals surface area contributed by atoms with E-state index >= 15 is 0 Å². The Morgan fingerprint density at radius 2 is 1.71 bits per heavy atom. The fourth-order valence-electron chi connectivity index (χ4n) is 3.95. The van der Waals surface area contributed by atoms with Crippen LogP contribution in [0.3, 0.4) is 0 Å². The summed E-state index contributed by atoms with van der Waals surface area (Å²) >= 11 is 0. The van der Waals surface area contributed by atoms with Crippen molar-refractivity contribution >= 4 is 27.3 Å². The van der Waals surface area contributed by atoms with Crippen LogP contribution in [0.2, 0.25) is 0 Å². The van der Waals surface area contributed by atoms with Gasteiger partial charge >= 0.3 is 0 Å². The molecular formula is C21H25N3O3S. The maximum atomic E-state index is 13.1. The number of para-hydroxylation sites is 1. The van der Waals surface area contributed by atoms with E-state index in [9.17, 15) is 13.2 Å². The topological polar surface area (TPSA) is 69.7 Å². The summed E-state index contributed by atoms with van der Waals surface area (Å²) in [7, 11) is -3.57. The smallest absolute Gasteiger partial charge is 0.243 e. The quantitative estimate of drug-likeness (QED) is 0.858. The molecule has 1 N–H and O–H groups in total. The van der Waals surface area contributed by atoms with Gasteiger partial charge in [-0.25, -0.2) is 8.42 Å². The average Bonchev–Trinajstić information content (AvgIpc) is 3.07. The van der Waals surface area contributed by atoms with Crippen molar-refractivity contribution in [2.45, 2.75) is 31.1 Å². The van der Waals surface area contributed by atoms with Gasteiger partial charge in [0.2, 0.25) is 15.9 Å². The van der Waals surface area contributed by atoms with Crippen molar-refractivity contribution in [3.63, 3.8) is 0 Å². The summed E-state index contributed by atoms with van der Waals surface area (Å²) in [5.74, 6) is 0.322. The molecule has 0 radical (unpaired) electrons. The van der Waals surface area contributed by atoms with Gasteiger partial charge in [-0.05, 0) is 41.3 Å². The molecule has 0 atom stereocenters. The first-order valence-corrected chi connectivity index (χ1v) is 11.1. The third kappa shape index (κ3) is 3.40. The first-order chi connectivity index (χ1) is 13.4. The first-order valence-electron chi connectivity index (χ1n) is 9.63. The summed E-state index contributed by atoms with van der Waals surface area (Å²) in [6.07, 6.45) is 0.235. The lowest BCUT2D eigenvalue weighted by molar-refractivity contribution is -0.115. The number of hydrogen-bond donors (Lipinski definition) is 1. The molecule has 0 aliphatic carbocycles. The van der Waals surface area contributed by atoms with E-state index in [-0.39, 0.29) is 17.2 Å². The maximum absolute atomic E-state index is 13.1. The number of anilines is 2. The third-order valence-electron chi connectivity index (χ3n) is 5.48. The number of sulfonamides is 1. The van der Waals surface area contributed by atoms with Crippen LogP contribution in [0.5, 0.6) is 0 Å². The summed E-state index contributed by atoms with van der Waals surface area (Å²) in [4.78, 5) is 14.1. The highest BCUT2D eigenvalue weighted by molar-refractivity contribution is 7.89. The molecule has 1 fully saturated rings. The zero-order valence-electron chi connectivity index (χ0n) is 16.2. The highest BCUT2D eigenvalue weighted by Gasteiger charge is 2.30. The van der Waals surface area contributed by atoms with Gasteiger partial charge in [-0.1, -0.05) is 32.0 Å². The Hall–Kier alpha value is -2.38. The predicted octanol–water partition coefficient (Wildman–Crippen LogP) is 2.82. The zero-order valence-corrected chi connectivity index (χ0v) is 17.0. The fourth-order valence-corrected chi connectivity index (χ4v) is 5.42. The molecule has 2 aromatic carbocycles. The zero-order chi connectivity index (χ0) is 19.9. The monoisotopic (exact) mass is 399 g/mol. The molecule has 148 valence electrons. The standard InChI is InChI=1S/C21H25N3O3S/c1-15(2)18-5-3-4-6-20(18)23-9-11-24(12-10-23)28(26,27)17-7-8-19-16(13-17)14-21(25)22-19/h3-8,13,15H,9-12,14H2,1-2H3,(H,22,25). The van der Waals surface area contributed by atoms with Gasteiger partial charge in [-0.3, -0.25) is 4.79 Å². The van der Waals surface area contributed by atoms with Gasteiger partial charge in [-0.15, -0.1) is 0 Å². The minimum Gasteiger partial charge on any atom is -0.369 e. The number of hydrogen-bond acceptors (Lipinski definition) is 4. The fraction of sp³-hybridized carbons (Fsp3) is 0.381. The summed E-state index contributed by atoms with van der Waals surface area (Å²) in [6.45, 7) is 6.56. The van der Waals surface area contributed by atoms with Crippen molar-refractivity contribution in [3.8, 4) is 0 Å². The average molecular weight is 400 g/mol. The van der Waals surface area contributed by atoms with E-state index in [4.69, 9.17) is 0 Å². The number of carbonyl (C=O) groups is 1. The molecule has 28 heavy (non-hydrogen) atoms. The van der Waals surface area contributed by atoms with Crippen LogP contribution < -0.4 is 10.2 Å². The molecule has 2 aromatic rings. The molecular weight excluding hydrogens is 374 g/mol. The Bertz CT molecular complexity index is 1010. The number of rotatable bonds is 4. The van der Waals surface area contributed by atoms with Crippen LogP contribution >= 0.6 is 0 Å². The Morgan fingerprint density at radius 3 is 2.43 bits per heavy atom. The van der Waals surface area contributed by atoms with E-state index in [1.54, 1.807) is 22.5 Å². The minimum atomic E-state index is -3.57. The molecule has 1 saturated heterocycles. The number of carbonyl (C=O) groups excluding carboxylic acids is 1. The molecule has 7 heteroatoms. The lowest BCUT2D eigenvalue weighted by Gasteiger charge is -2.36. The van der Waals surface area contributed by atoms with Crippen LogP contribution in [-0.4, -0.2) is 44.8 Å². The van der Waals surface area contributed by atoms with Gasteiger partial charge in [0.1, 0.15) is 0 Å². The number of fused-ring (bicyclic) bond motifs is 1. The minimum absolute atomic E-state index is 0.0954. The Labute approximate surface area is 166 Å². The SMILES string of the molecule is CC(C)c1ccccc1N1CCN(S(=O)(=O)c2ccc3c(c2)CC(=O)N3)CC1.